The Morgan fingerprint density at radius 2 is 2.05 bits per heavy atom. The summed E-state index contributed by atoms with van der Waals surface area (Å²) >= 11 is 6.28. The molecule has 0 aliphatic carbocycles. The van der Waals surface area contributed by atoms with Crippen LogP contribution in [0.15, 0.2) is 18.2 Å². The average Bonchev–Trinajstić information content (AvgIpc) is 2.51. The molecule has 1 heterocycles. The van der Waals surface area contributed by atoms with Gasteiger partial charge in [-0.3, -0.25) is 4.90 Å². The van der Waals surface area contributed by atoms with E-state index >= 15 is 0 Å². The number of likely N-dealkylation sites (tertiary alicyclic amines) is 1. The maximum Gasteiger partial charge on any atom is 0.0470 e. The van der Waals surface area contributed by atoms with E-state index in [4.69, 9.17) is 17.3 Å². The Balaban J connectivity index is 2.08. The molecule has 2 N–H and O–H groups in total. The minimum Gasteiger partial charge on any atom is -0.329 e. The Labute approximate surface area is 134 Å². The van der Waals surface area contributed by atoms with Crippen molar-refractivity contribution in [3.63, 3.8) is 0 Å². The van der Waals surface area contributed by atoms with E-state index in [0.29, 0.717) is 12.6 Å². The second-order valence-corrected chi connectivity index (χ2v) is 6.50. The van der Waals surface area contributed by atoms with Gasteiger partial charge in [0.1, 0.15) is 0 Å². The van der Waals surface area contributed by atoms with Crippen LogP contribution >= 0.6 is 11.6 Å². The van der Waals surface area contributed by atoms with Gasteiger partial charge in [-0.05, 0) is 63.6 Å². The monoisotopic (exact) mass is 309 g/mol. The van der Waals surface area contributed by atoms with Gasteiger partial charge in [-0.15, -0.1) is 0 Å². The summed E-state index contributed by atoms with van der Waals surface area (Å²) in [5.41, 5.74) is 8.41. The molecule has 118 valence electrons. The Hall–Kier alpha value is -0.610. The Bertz CT molecular complexity index is 455. The second-order valence-electron chi connectivity index (χ2n) is 6.09. The van der Waals surface area contributed by atoms with Crippen molar-refractivity contribution in [2.45, 2.75) is 38.8 Å². The number of halogens is 1. The third-order valence-corrected chi connectivity index (χ3v) is 5.28. The zero-order chi connectivity index (χ0) is 15.4. The maximum absolute atomic E-state index is 6.28. The van der Waals surface area contributed by atoms with Gasteiger partial charge in [0.05, 0.1) is 0 Å². The van der Waals surface area contributed by atoms with Gasteiger partial charge in [0.2, 0.25) is 0 Å². The summed E-state index contributed by atoms with van der Waals surface area (Å²) in [4.78, 5) is 4.97. The standard InChI is InChI=1S/C17H28ClN3/c1-4-21-9-7-15(8-10-21)20(3)17(12-19)14-6-5-13(2)16(18)11-14/h5-6,11,15,17H,4,7-10,12,19H2,1-3H3. The zero-order valence-corrected chi connectivity index (χ0v) is 14.2. The van der Waals surface area contributed by atoms with E-state index < -0.39 is 0 Å². The lowest BCUT2D eigenvalue weighted by atomic mass is 9.98. The lowest BCUT2D eigenvalue weighted by Gasteiger charge is -2.40. The molecule has 1 saturated heterocycles. The molecule has 1 aliphatic heterocycles. The Morgan fingerprint density at radius 1 is 1.38 bits per heavy atom. The average molecular weight is 310 g/mol. The molecule has 0 spiro atoms. The molecule has 4 heteroatoms. The first-order chi connectivity index (χ1) is 10.1. The van der Waals surface area contributed by atoms with Crippen LogP contribution in [0.2, 0.25) is 5.02 Å². The first-order valence-corrected chi connectivity index (χ1v) is 8.35. The van der Waals surface area contributed by atoms with E-state index in [1.165, 1.54) is 31.5 Å². The van der Waals surface area contributed by atoms with Crippen molar-refractivity contribution < 1.29 is 0 Å². The highest BCUT2D eigenvalue weighted by atomic mass is 35.5. The van der Waals surface area contributed by atoms with Crippen LogP contribution in [0.5, 0.6) is 0 Å². The highest BCUT2D eigenvalue weighted by Gasteiger charge is 2.26. The molecule has 0 amide bonds. The number of hydrogen-bond acceptors (Lipinski definition) is 3. The second kappa shape index (κ2) is 7.59. The van der Waals surface area contributed by atoms with E-state index in [-0.39, 0.29) is 6.04 Å². The van der Waals surface area contributed by atoms with Crippen LogP contribution in [0.1, 0.15) is 36.9 Å². The molecule has 3 nitrogen and oxygen atoms in total. The molecule has 21 heavy (non-hydrogen) atoms. The molecule has 0 saturated carbocycles. The molecule has 1 aromatic rings. The summed E-state index contributed by atoms with van der Waals surface area (Å²) in [5, 5.41) is 0.833. The van der Waals surface area contributed by atoms with Crippen molar-refractivity contribution >= 4 is 11.6 Å². The van der Waals surface area contributed by atoms with Gasteiger partial charge in [-0.1, -0.05) is 30.7 Å². The molecular weight excluding hydrogens is 282 g/mol. The highest BCUT2D eigenvalue weighted by molar-refractivity contribution is 6.31. The number of nitrogens with zero attached hydrogens (tertiary/aromatic N) is 2. The quantitative estimate of drug-likeness (QED) is 0.907. The summed E-state index contributed by atoms with van der Waals surface area (Å²) in [6.45, 7) is 8.44. The van der Waals surface area contributed by atoms with Crippen LogP contribution < -0.4 is 5.73 Å². The summed E-state index contributed by atoms with van der Waals surface area (Å²) in [5.74, 6) is 0. The number of nitrogens with two attached hydrogens (primary N) is 1. The van der Waals surface area contributed by atoms with E-state index in [9.17, 15) is 0 Å². The number of rotatable bonds is 5. The van der Waals surface area contributed by atoms with E-state index in [1.807, 2.05) is 6.92 Å². The van der Waals surface area contributed by atoms with Crippen molar-refractivity contribution in [1.29, 1.82) is 0 Å². The van der Waals surface area contributed by atoms with Gasteiger partial charge < -0.3 is 10.6 Å². The summed E-state index contributed by atoms with van der Waals surface area (Å²) in [6, 6.07) is 7.19. The number of aryl methyl sites for hydroxylation is 1. The van der Waals surface area contributed by atoms with Gasteiger partial charge in [-0.25, -0.2) is 0 Å². The fourth-order valence-corrected chi connectivity index (χ4v) is 3.44. The SMILES string of the molecule is CCN1CCC(N(C)C(CN)c2ccc(C)c(Cl)c2)CC1. The van der Waals surface area contributed by atoms with Gasteiger partial charge in [0.15, 0.2) is 0 Å². The lowest BCUT2D eigenvalue weighted by molar-refractivity contribution is 0.101. The van der Waals surface area contributed by atoms with Crippen LogP contribution in [-0.4, -0.2) is 49.1 Å². The maximum atomic E-state index is 6.28. The number of piperidine rings is 1. The van der Waals surface area contributed by atoms with Gasteiger partial charge >= 0.3 is 0 Å². The number of hydrogen-bond donors (Lipinski definition) is 1. The van der Waals surface area contributed by atoms with E-state index in [1.54, 1.807) is 0 Å². The highest BCUT2D eigenvalue weighted by Crippen LogP contribution is 2.28. The van der Waals surface area contributed by atoms with E-state index in [2.05, 4.69) is 42.0 Å². The predicted octanol–water partition coefficient (Wildman–Crippen LogP) is 3.06. The Morgan fingerprint density at radius 3 is 2.57 bits per heavy atom. The van der Waals surface area contributed by atoms with Crippen molar-refractivity contribution in [3.05, 3.63) is 34.3 Å². The van der Waals surface area contributed by atoms with Crippen LogP contribution in [-0.2, 0) is 0 Å². The molecule has 1 fully saturated rings. The van der Waals surface area contributed by atoms with Crippen LogP contribution in [0.25, 0.3) is 0 Å². The molecule has 1 aromatic carbocycles. The lowest BCUT2D eigenvalue weighted by Crippen LogP contribution is -2.45. The molecule has 1 atom stereocenters. The molecule has 0 radical (unpaired) electrons. The minimum atomic E-state index is 0.251. The van der Waals surface area contributed by atoms with Crippen molar-refractivity contribution in [1.82, 2.24) is 9.80 Å². The number of likely N-dealkylation sites (N-methyl/N-ethyl adjacent to an activating group) is 1. The first-order valence-electron chi connectivity index (χ1n) is 7.97. The summed E-state index contributed by atoms with van der Waals surface area (Å²) < 4.78 is 0. The molecular formula is C17H28ClN3. The van der Waals surface area contributed by atoms with Gasteiger partial charge in [0, 0.05) is 23.7 Å². The van der Waals surface area contributed by atoms with E-state index in [0.717, 1.165) is 17.1 Å². The van der Waals surface area contributed by atoms with Gasteiger partial charge in [-0.2, -0.15) is 0 Å². The zero-order valence-electron chi connectivity index (χ0n) is 13.5. The van der Waals surface area contributed by atoms with Crippen LogP contribution in [0, 0.1) is 6.92 Å². The minimum absolute atomic E-state index is 0.251. The molecule has 2 rings (SSSR count). The predicted molar refractivity (Wildman–Crippen MR) is 90.9 cm³/mol. The van der Waals surface area contributed by atoms with Crippen LogP contribution in [0.4, 0.5) is 0 Å². The van der Waals surface area contributed by atoms with Gasteiger partial charge in [0.25, 0.3) is 0 Å². The summed E-state index contributed by atoms with van der Waals surface area (Å²) in [7, 11) is 2.21. The Kier molecular flexibility index (Phi) is 6.06. The summed E-state index contributed by atoms with van der Waals surface area (Å²) in [6.07, 6.45) is 2.45. The third-order valence-electron chi connectivity index (χ3n) is 4.88. The van der Waals surface area contributed by atoms with Crippen molar-refractivity contribution in [3.8, 4) is 0 Å². The topological polar surface area (TPSA) is 32.5 Å². The third kappa shape index (κ3) is 3.98. The smallest absolute Gasteiger partial charge is 0.0470 e. The largest absolute Gasteiger partial charge is 0.329 e. The van der Waals surface area contributed by atoms with Crippen LogP contribution in [0.3, 0.4) is 0 Å². The normalized spacial score (nSPS) is 19.1. The molecule has 0 bridgehead atoms. The molecule has 1 aliphatic rings. The fraction of sp³-hybridized carbons (Fsp3) is 0.647. The first kappa shape index (κ1) is 16.8. The van der Waals surface area contributed by atoms with Crippen molar-refractivity contribution in [2.75, 3.05) is 33.2 Å². The molecule has 0 aromatic heterocycles. The molecule has 1 unspecified atom stereocenters. The van der Waals surface area contributed by atoms with Crippen molar-refractivity contribution in [2.24, 2.45) is 5.73 Å². The fourth-order valence-electron chi connectivity index (χ4n) is 3.25. The number of benzene rings is 1.